The number of halogens is 2. The number of likely N-dealkylation sites (tertiary alicyclic amines) is 1. The maximum absolute atomic E-state index is 13.7. The Bertz CT molecular complexity index is 778. The zero-order chi connectivity index (χ0) is 18.0. The lowest BCUT2D eigenvalue weighted by Gasteiger charge is -2.17. The fraction of sp³-hybridized carbons (Fsp3) is 0.389. The van der Waals surface area contributed by atoms with Crippen molar-refractivity contribution in [2.45, 2.75) is 32.8 Å². The van der Waals surface area contributed by atoms with E-state index in [1.54, 1.807) is 4.90 Å². The molecule has 1 aromatic heterocycles. The van der Waals surface area contributed by atoms with Gasteiger partial charge in [0.2, 0.25) is 5.91 Å². The van der Waals surface area contributed by atoms with E-state index in [1.165, 1.54) is 6.07 Å². The van der Waals surface area contributed by atoms with E-state index in [2.05, 4.69) is 9.97 Å². The van der Waals surface area contributed by atoms with E-state index in [1.807, 2.05) is 19.9 Å². The first-order chi connectivity index (χ1) is 11.9. The summed E-state index contributed by atoms with van der Waals surface area (Å²) in [4.78, 5) is 22.4. The Morgan fingerprint density at radius 2 is 1.96 bits per heavy atom. The molecule has 1 aliphatic rings. The van der Waals surface area contributed by atoms with E-state index in [0.29, 0.717) is 25.5 Å². The molecule has 1 amide bonds. The van der Waals surface area contributed by atoms with Crippen LogP contribution in [-0.2, 0) is 11.2 Å². The molecule has 1 aromatic carbocycles. The zero-order valence-corrected chi connectivity index (χ0v) is 14.1. The number of aromatic nitrogens is 2. The number of nitrogens with zero attached hydrogens (tertiary/aromatic N) is 3. The Morgan fingerprint density at radius 3 is 2.64 bits per heavy atom. The third kappa shape index (κ3) is 4.29. The lowest BCUT2D eigenvalue weighted by molar-refractivity contribution is -0.129. The van der Waals surface area contributed by atoms with Crippen LogP contribution in [0.25, 0.3) is 0 Å². The van der Waals surface area contributed by atoms with Crippen molar-refractivity contribution in [3.63, 3.8) is 0 Å². The van der Waals surface area contributed by atoms with Gasteiger partial charge in [-0.15, -0.1) is 0 Å². The van der Waals surface area contributed by atoms with Crippen LogP contribution in [0.15, 0.2) is 24.3 Å². The van der Waals surface area contributed by atoms with Gasteiger partial charge in [0, 0.05) is 30.4 Å². The molecular formula is C18H19F2N3O2. The Labute approximate surface area is 144 Å². The van der Waals surface area contributed by atoms with Crippen LogP contribution in [0.1, 0.15) is 23.4 Å². The topological polar surface area (TPSA) is 55.3 Å². The van der Waals surface area contributed by atoms with Crippen LogP contribution < -0.4 is 4.74 Å². The van der Waals surface area contributed by atoms with E-state index < -0.39 is 11.6 Å². The highest BCUT2D eigenvalue weighted by atomic mass is 19.1. The number of carbonyl (C=O) groups excluding carboxylic acids is 1. The molecule has 132 valence electrons. The second kappa shape index (κ2) is 7.13. The summed E-state index contributed by atoms with van der Waals surface area (Å²) in [5, 5.41) is 0. The number of hydrogen-bond acceptors (Lipinski definition) is 4. The minimum Gasteiger partial charge on any atom is -0.458 e. The monoisotopic (exact) mass is 347 g/mol. The predicted octanol–water partition coefficient (Wildman–Crippen LogP) is 2.59. The summed E-state index contributed by atoms with van der Waals surface area (Å²) in [6.45, 7) is 4.65. The number of ether oxygens (including phenoxy) is 1. The van der Waals surface area contributed by atoms with Crippen molar-refractivity contribution in [1.29, 1.82) is 0 Å². The highest BCUT2D eigenvalue weighted by Gasteiger charge is 2.28. The van der Waals surface area contributed by atoms with Gasteiger partial charge in [-0.2, -0.15) is 0 Å². The number of benzene rings is 1. The summed E-state index contributed by atoms with van der Waals surface area (Å²) in [7, 11) is 0. The van der Waals surface area contributed by atoms with Gasteiger partial charge in [0.1, 0.15) is 17.7 Å². The average Bonchev–Trinajstić information content (AvgIpc) is 2.97. The second-order valence-corrected chi connectivity index (χ2v) is 6.21. The molecule has 1 aliphatic heterocycles. The minimum atomic E-state index is -0.705. The highest BCUT2D eigenvalue weighted by Crippen LogP contribution is 2.18. The molecule has 2 heterocycles. The smallest absolute Gasteiger partial charge is 0.317 e. The summed E-state index contributed by atoms with van der Waals surface area (Å²) in [6, 6.07) is 5.40. The van der Waals surface area contributed by atoms with Crippen LogP contribution in [0.5, 0.6) is 6.01 Å². The van der Waals surface area contributed by atoms with Crippen molar-refractivity contribution in [2.24, 2.45) is 0 Å². The maximum Gasteiger partial charge on any atom is 0.317 e. The van der Waals surface area contributed by atoms with Gasteiger partial charge < -0.3 is 9.64 Å². The van der Waals surface area contributed by atoms with E-state index in [9.17, 15) is 13.6 Å². The van der Waals surface area contributed by atoms with Gasteiger partial charge in [-0.25, -0.2) is 18.7 Å². The molecule has 0 radical (unpaired) electrons. The van der Waals surface area contributed by atoms with Gasteiger partial charge in [-0.05, 0) is 31.5 Å². The zero-order valence-electron chi connectivity index (χ0n) is 14.1. The molecule has 1 fully saturated rings. The van der Waals surface area contributed by atoms with Crippen LogP contribution in [-0.4, -0.2) is 40.0 Å². The third-order valence-corrected chi connectivity index (χ3v) is 4.09. The Hall–Kier alpha value is -2.57. The summed E-state index contributed by atoms with van der Waals surface area (Å²) in [6.07, 6.45) is 0.371. The summed E-state index contributed by atoms with van der Waals surface area (Å²) in [5.41, 5.74) is 1.83. The largest absolute Gasteiger partial charge is 0.458 e. The molecule has 7 heteroatoms. The molecule has 0 spiro atoms. The number of amides is 1. The second-order valence-electron chi connectivity index (χ2n) is 6.21. The van der Waals surface area contributed by atoms with Crippen LogP contribution in [0.3, 0.4) is 0 Å². The van der Waals surface area contributed by atoms with Crippen molar-refractivity contribution in [1.82, 2.24) is 14.9 Å². The first-order valence-electron chi connectivity index (χ1n) is 8.11. The Balaban J connectivity index is 1.59. The fourth-order valence-corrected chi connectivity index (χ4v) is 2.89. The molecule has 1 saturated heterocycles. The van der Waals surface area contributed by atoms with Crippen LogP contribution >= 0.6 is 0 Å². The van der Waals surface area contributed by atoms with Crippen molar-refractivity contribution < 1.29 is 18.3 Å². The Morgan fingerprint density at radius 1 is 1.24 bits per heavy atom. The number of hydrogen-bond donors (Lipinski definition) is 0. The standard InChI is InChI=1S/C18H19F2N3O2/c1-11-7-12(2)22-18(21-11)25-15-5-6-23(10-15)17(24)8-13-3-4-14(19)9-16(13)20/h3-4,7,9,15H,5-6,8,10H2,1-2H3/t15-/m1/s1. The van der Waals surface area contributed by atoms with Gasteiger partial charge in [-0.1, -0.05) is 6.07 Å². The third-order valence-electron chi connectivity index (χ3n) is 4.09. The molecular weight excluding hydrogens is 328 g/mol. The SMILES string of the molecule is Cc1cc(C)nc(O[C@@H]2CCN(C(=O)Cc3ccc(F)cc3F)C2)n1. The highest BCUT2D eigenvalue weighted by molar-refractivity contribution is 5.79. The number of carbonyl (C=O) groups is 1. The lowest BCUT2D eigenvalue weighted by atomic mass is 10.1. The van der Waals surface area contributed by atoms with E-state index in [-0.39, 0.29) is 24.0 Å². The quantitative estimate of drug-likeness (QED) is 0.853. The summed E-state index contributed by atoms with van der Waals surface area (Å²) in [5.74, 6) is -1.57. The molecule has 5 nitrogen and oxygen atoms in total. The first kappa shape index (κ1) is 17.3. The lowest BCUT2D eigenvalue weighted by Crippen LogP contribution is -2.32. The van der Waals surface area contributed by atoms with Gasteiger partial charge in [0.05, 0.1) is 13.0 Å². The van der Waals surface area contributed by atoms with Crippen molar-refractivity contribution in [2.75, 3.05) is 13.1 Å². The fourth-order valence-electron chi connectivity index (χ4n) is 2.89. The van der Waals surface area contributed by atoms with E-state index in [4.69, 9.17) is 4.74 Å². The van der Waals surface area contributed by atoms with Crippen molar-refractivity contribution in [3.8, 4) is 6.01 Å². The average molecular weight is 347 g/mol. The van der Waals surface area contributed by atoms with Crippen molar-refractivity contribution >= 4 is 5.91 Å². The molecule has 3 rings (SSSR count). The minimum absolute atomic E-state index is 0.0983. The van der Waals surface area contributed by atoms with Crippen LogP contribution in [0.4, 0.5) is 8.78 Å². The van der Waals surface area contributed by atoms with Crippen molar-refractivity contribution in [3.05, 3.63) is 52.9 Å². The van der Waals surface area contributed by atoms with Crippen LogP contribution in [0, 0.1) is 25.5 Å². The van der Waals surface area contributed by atoms with E-state index >= 15 is 0 Å². The number of aryl methyl sites for hydroxylation is 2. The predicted molar refractivity (Wildman–Crippen MR) is 87.2 cm³/mol. The molecule has 2 aromatic rings. The first-order valence-corrected chi connectivity index (χ1v) is 8.11. The van der Waals surface area contributed by atoms with Gasteiger partial charge >= 0.3 is 6.01 Å². The molecule has 0 unspecified atom stereocenters. The summed E-state index contributed by atoms with van der Waals surface area (Å²) < 4.78 is 32.4. The normalized spacial score (nSPS) is 17.0. The molecule has 1 atom stereocenters. The Kier molecular flexibility index (Phi) is 4.92. The van der Waals surface area contributed by atoms with Gasteiger partial charge in [-0.3, -0.25) is 4.79 Å². The maximum atomic E-state index is 13.7. The van der Waals surface area contributed by atoms with Gasteiger partial charge in [0.15, 0.2) is 0 Å². The van der Waals surface area contributed by atoms with E-state index in [0.717, 1.165) is 23.5 Å². The number of rotatable bonds is 4. The molecule has 25 heavy (non-hydrogen) atoms. The molecule has 0 N–H and O–H groups in total. The molecule has 0 aliphatic carbocycles. The molecule has 0 saturated carbocycles. The summed E-state index contributed by atoms with van der Waals surface area (Å²) >= 11 is 0. The van der Waals surface area contributed by atoms with Crippen LogP contribution in [0.2, 0.25) is 0 Å². The van der Waals surface area contributed by atoms with Gasteiger partial charge in [0.25, 0.3) is 0 Å². The molecule has 0 bridgehead atoms.